The second-order valence-corrected chi connectivity index (χ2v) is 4.82. The highest BCUT2D eigenvalue weighted by atomic mass is 16.5. The molecule has 4 nitrogen and oxygen atoms in total. The lowest BCUT2D eigenvalue weighted by atomic mass is 9.92. The minimum Gasteiger partial charge on any atom is -0.494 e. The lowest BCUT2D eigenvalue weighted by Crippen LogP contribution is -2.21. The molecule has 16 heavy (non-hydrogen) atoms. The van der Waals surface area contributed by atoms with Gasteiger partial charge >= 0.3 is 0 Å². The zero-order chi connectivity index (χ0) is 11.6. The van der Waals surface area contributed by atoms with Gasteiger partial charge in [0, 0.05) is 6.54 Å². The molecule has 0 amide bonds. The highest BCUT2D eigenvalue weighted by Crippen LogP contribution is 2.51. The molecule has 1 heterocycles. The Hall–Kier alpha value is -1.32. The third-order valence-electron chi connectivity index (χ3n) is 3.58. The summed E-state index contributed by atoms with van der Waals surface area (Å²) in [5.41, 5.74) is 0.475. The SMILES string of the molecule is COc1cnc(NCC2(C(C)C)CC2)nc1. The maximum absolute atomic E-state index is 5.01. The van der Waals surface area contributed by atoms with Crippen LogP contribution in [-0.2, 0) is 0 Å². The number of rotatable bonds is 5. The highest BCUT2D eigenvalue weighted by Gasteiger charge is 2.45. The van der Waals surface area contributed by atoms with Crippen molar-refractivity contribution in [2.45, 2.75) is 26.7 Å². The number of anilines is 1. The molecule has 0 spiro atoms. The summed E-state index contributed by atoms with van der Waals surface area (Å²) in [6, 6.07) is 0. The van der Waals surface area contributed by atoms with Gasteiger partial charge in [0.25, 0.3) is 0 Å². The van der Waals surface area contributed by atoms with E-state index in [0.29, 0.717) is 17.1 Å². The summed E-state index contributed by atoms with van der Waals surface area (Å²) < 4.78 is 5.01. The summed E-state index contributed by atoms with van der Waals surface area (Å²) in [5, 5.41) is 3.30. The Morgan fingerprint density at radius 1 is 1.38 bits per heavy atom. The van der Waals surface area contributed by atoms with Gasteiger partial charge in [-0.25, -0.2) is 9.97 Å². The Morgan fingerprint density at radius 2 is 2.00 bits per heavy atom. The lowest BCUT2D eigenvalue weighted by molar-refractivity contribution is 0.379. The summed E-state index contributed by atoms with van der Waals surface area (Å²) in [4.78, 5) is 8.38. The van der Waals surface area contributed by atoms with Crippen LogP contribution in [0.25, 0.3) is 0 Å². The number of methoxy groups -OCH3 is 1. The molecule has 1 aliphatic carbocycles. The molecule has 4 heteroatoms. The molecule has 1 saturated carbocycles. The van der Waals surface area contributed by atoms with Gasteiger partial charge in [0.15, 0.2) is 5.75 Å². The van der Waals surface area contributed by atoms with Gasteiger partial charge in [0.1, 0.15) is 0 Å². The van der Waals surface area contributed by atoms with Crippen LogP contribution in [0, 0.1) is 11.3 Å². The number of nitrogens with one attached hydrogen (secondary N) is 1. The van der Waals surface area contributed by atoms with Gasteiger partial charge in [-0.05, 0) is 24.2 Å². The van der Waals surface area contributed by atoms with E-state index in [1.54, 1.807) is 19.5 Å². The van der Waals surface area contributed by atoms with Crippen LogP contribution < -0.4 is 10.1 Å². The van der Waals surface area contributed by atoms with Crippen molar-refractivity contribution in [1.82, 2.24) is 9.97 Å². The molecular formula is C12H19N3O. The van der Waals surface area contributed by atoms with Crippen LogP contribution in [0.2, 0.25) is 0 Å². The van der Waals surface area contributed by atoms with Crippen molar-refractivity contribution >= 4 is 5.95 Å². The molecule has 2 rings (SSSR count). The fourth-order valence-corrected chi connectivity index (χ4v) is 1.89. The smallest absolute Gasteiger partial charge is 0.222 e. The molecule has 1 fully saturated rings. The van der Waals surface area contributed by atoms with Crippen molar-refractivity contribution in [3.05, 3.63) is 12.4 Å². The normalized spacial score (nSPS) is 17.2. The molecule has 88 valence electrons. The summed E-state index contributed by atoms with van der Waals surface area (Å²) in [6.07, 6.45) is 6.00. The third-order valence-corrected chi connectivity index (χ3v) is 3.58. The average Bonchev–Trinajstić information content (AvgIpc) is 3.08. The monoisotopic (exact) mass is 221 g/mol. The van der Waals surface area contributed by atoms with Crippen LogP contribution >= 0.6 is 0 Å². The van der Waals surface area contributed by atoms with Gasteiger partial charge in [0.05, 0.1) is 19.5 Å². The first-order valence-electron chi connectivity index (χ1n) is 5.76. The van der Waals surface area contributed by atoms with E-state index in [4.69, 9.17) is 4.74 Å². The number of ether oxygens (including phenoxy) is 1. The fraction of sp³-hybridized carbons (Fsp3) is 0.667. The van der Waals surface area contributed by atoms with Crippen molar-refractivity contribution in [2.24, 2.45) is 11.3 Å². The van der Waals surface area contributed by atoms with Crippen molar-refractivity contribution < 1.29 is 4.74 Å². The van der Waals surface area contributed by atoms with E-state index in [1.165, 1.54) is 12.8 Å². The second-order valence-electron chi connectivity index (χ2n) is 4.82. The van der Waals surface area contributed by atoms with Gasteiger partial charge in [-0.3, -0.25) is 0 Å². The summed E-state index contributed by atoms with van der Waals surface area (Å²) in [6.45, 7) is 5.53. The van der Waals surface area contributed by atoms with Crippen LogP contribution in [0.15, 0.2) is 12.4 Å². The van der Waals surface area contributed by atoms with Crippen molar-refractivity contribution in [3.8, 4) is 5.75 Å². The van der Waals surface area contributed by atoms with Crippen molar-refractivity contribution in [1.29, 1.82) is 0 Å². The summed E-state index contributed by atoms with van der Waals surface area (Å²) in [7, 11) is 1.61. The van der Waals surface area contributed by atoms with E-state index >= 15 is 0 Å². The first-order valence-corrected chi connectivity index (χ1v) is 5.76. The topological polar surface area (TPSA) is 47.0 Å². The van der Waals surface area contributed by atoms with Crippen LogP contribution in [-0.4, -0.2) is 23.6 Å². The van der Waals surface area contributed by atoms with Gasteiger partial charge in [0.2, 0.25) is 5.95 Å². The molecule has 0 radical (unpaired) electrons. The molecule has 1 aliphatic rings. The van der Waals surface area contributed by atoms with E-state index in [-0.39, 0.29) is 0 Å². The number of aromatic nitrogens is 2. The minimum absolute atomic E-state index is 0.475. The molecule has 0 aromatic carbocycles. The molecule has 0 aliphatic heterocycles. The van der Waals surface area contributed by atoms with Gasteiger partial charge in [-0.2, -0.15) is 0 Å². The van der Waals surface area contributed by atoms with Crippen molar-refractivity contribution in [3.63, 3.8) is 0 Å². The van der Waals surface area contributed by atoms with Crippen LogP contribution in [0.5, 0.6) is 5.75 Å². The third kappa shape index (κ3) is 2.26. The predicted molar refractivity (Wildman–Crippen MR) is 63.6 cm³/mol. The Bertz CT molecular complexity index is 344. The first kappa shape index (κ1) is 11.2. The van der Waals surface area contributed by atoms with Crippen LogP contribution in [0.1, 0.15) is 26.7 Å². The zero-order valence-corrected chi connectivity index (χ0v) is 10.2. The molecule has 1 aromatic heterocycles. The number of hydrogen-bond donors (Lipinski definition) is 1. The summed E-state index contributed by atoms with van der Waals surface area (Å²) >= 11 is 0. The van der Waals surface area contributed by atoms with Crippen LogP contribution in [0.4, 0.5) is 5.95 Å². The molecule has 1 N–H and O–H groups in total. The minimum atomic E-state index is 0.475. The van der Waals surface area contributed by atoms with E-state index in [1.807, 2.05) is 0 Å². The Labute approximate surface area is 96.4 Å². The van der Waals surface area contributed by atoms with Crippen molar-refractivity contribution in [2.75, 3.05) is 19.0 Å². The maximum atomic E-state index is 5.01. The standard InChI is InChI=1S/C12H19N3O/c1-9(2)12(4-5-12)8-15-11-13-6-10(16-3)7-14-11/h6-7,9H,4-5,8H2,1-3H3,(H,13,14,15). The number of hydrogen-bond acceptors (Lipinski definition) is 4. The Balaban J connectivity index is 1.90. The number of nitrogens with zero attached hydrogens (tertiary/aromatic N) is 2. The molecule has 0 unspecified atom stereocenters. The lowest BCUT2D eigenvalue weighted by Gasteiger charge is -2.19. The van der Waals surface area contributed by atoms with Gasteiger partial charge < -0.3 is 10.1 Å². The highest BCUT2D eigenvalue weighted by molar-refractivity contribution is 5.28. The largest absolute Gasteiger partial charge is 0.494 e. The van der Waals surface area contributed by atoms with E-state index in [0.717, 1.165) is 12.5 Å². The molecular weight excluding hydrogens is 202 g/mol. The Morgan fingerprint density at radius 3 is 2.44 bits per heavy atom. The first-order chi connectivity index (χ1) is 7.66. The second kappa shape index (κ2) is 4.28. The van der Waals surface area contributed by atoms with E-state index < -0.39 is 0 Å². The zero-order valence-electron chi connectivity index (χ0n) is 10.2. The molecule has 1 aromatic rings. The average molecular weight is 221 g/mol. The quantitative estimate of drug-likeness (QED) is 0.829. The summed E-state index contributed by atoms with van der Waals surface area (Å²) in [5.74, 6) is 2.10. The Kier molecular flexibility index (Phi) is 2.99. The fourth-order valence-electron chi connectivity index (χ4n) is 1.89. The predicted octanol–water partition coefficient (Wildman–Crippen LogP) is 2.33. The maximum Gasteiger partial charge on any atom is 0.222 e. The van der Waals surface area contributed by atoms with E-state index in [9.17, 15) is 0 Å². The van der Waals surface area contributed by atoms with E-state index in [2.05, 4.69) is 29.1 Å². The van der Waals surface area contributed by atoms with Gasteiger partial charge in [-0.15, -0.1) is 0 Å². The molecule has 0 bridgehead atoms. The molecule has 0 saturated heterocycles. The van der Waals surface area contributed by atoms with Gasteiger partial charge in [-0.1, -0.05) is 13.8 Å². The van der Waals surface area contributed by atoms with Crippen LogP contribution in [0.3, 0.4) is 0 Å². The molecule has 0 atom stereocenters.